The first-order valence-corrected chi connectivity index (χ1v) is 4.40. The van der Waals surface area contributed by atoms with Crippen molar-refractivity contribution in [1.82, 2.24) is 5.32 Å². The molecule has 0 radical (unpaired) electrons. The molecule has 0 saturated heterocycles. The molecule has 0 saturated carbocycles. The van der Waals surface area contributed by atoms with Crippen LogP contribution in [-0.2, 0) is 9.53 Å². The van der Waals surface area contributed by atoms with Gasteiger partial charge in [0.2, 0.25) is 5.91 Å². The largest absolute Gasteiger partial charge is 0.411 e. The first-order valence-electron chi connectivity index (χ1n) is 4.40. The Kier molecular flexibility index (Phi) is 6.26. The van der Waals surface area contributed by atoms with E-state index in [9.17, 15) is 18.0 Å². The summed E-state index contributed by atoms with van der Waals surface area (Å²) in [7, 11) is 0. The minimum atomic E-state index is -4.36. The van der Waals surface area contributed by atoms with Crippen molar-refractivity contribution in [3.8, 4) is 0 Å². The number of aliphatic hydroxyl groups excluding tert-OH is 1. The Hall–Kier alpha value is -0.820. The molecule has 1 amide bonds. The minimum absolute atomic E-state index is 0.0815. The third-order valence-corrected chi connectivity index (χ3v) is 1.33. The van der Waals surface area contributed by atoms with Gasteiger partial charge >= 0.3 is 6.18 Å². The van der Waals surface area contributed by atoms with Crippen LogP contribution in [0.5, 0.6) is 0 Å². The standard InChI is InChI=1S/C8H14F3NO3/c1-6(13)4-12-7(14)2-3-15-5-8(9,10)11/h6,13H,2-5H2,1H3,(H,12,14). The highest BCUT2D eigenvalue weighted by molar-refractivity contribution is 5.75. The first kappa shape index (κ1) is 14.2. The molecule has 0 heterocycles. The minimum Gasteiger partial charge on any atom is -0.392 e. The molecule has 0 rings (SSSR count). The lowest BCUT2D eigenvalue weighted by Crippen LogP contribution is -2.31. The molecule has 0 aliphatic heterocycles. The summed E-state index contributed by atoms with van der Waals surface area (Å²) >= 11 is 0. The summed E-state index contributed by atoms with van der Waals surface area (Å²) < 4.78 is 39.0. The number of hydrogen-bond acceptors (Lipinski definition) is 3. The molecule has 4 nitrogen and oxygen atoms in total. The maximum absolute atomic E-state index is 11.6. The summed E-state index contributed by atoms with van der Waals surface area (Å²) in [4.78, 5) is 10.9. The number of hydrogen-bond donors (Lipinski definition) is 2. The molecule has 0 bridgehead atoms. The maximum atomic E-state index is 11.6. The average molecular weight is 229 g/mol. The van der Waals surface area contributed by atoms with E-state index >= 15 is 0 Å². The molecule has 15 heavy (non-hydrogen) atoms. The van der Waals surface area contributed by atoms with E-state index in [4.69, 9.17) is 5.11 Å². The molecule has 0 aromatic rings. The molecular weight excluding hydrogens is 215 g/mol. The molecule has 0 aliphatic carbocycles. The molecule has 2 N–H and O–H groups in total. The van der Waals surface area contributed by atoms with Gasteiger partial charge in [-0.1, -0.05) is 0 Å². The van der Waals surface area contributed by atoms with Gasteiger partial charge in [-0.15, -0.1) is 0 Å². The fourth-order valence-electron chi connectivity index (χ4n) is 0.703. The number of amides is 1. The number of rotatable bonds is 6. The summed E-state index contributed by atoms with van der Waals surface area (Å²) in [5, 5.41) is 11.1. The van der Waals surface area contributed by atoms with Crippen LogP contribution in [0.15, 0.2) is 0 Å². The molecule has 7 heteroatoms. The SMILES string of the molecule is CC(O)CNC(=O)CCOCC(F)(F)F. The Labute approximate surface area is 85.4 Å². The number of carbonyl (C=O) groups excluding carboxylic acids is 1. The first-order chi connectivity index (χ1) is 6.81. The van der Waals surface area contributed by atoms with Gasteiger partial charge in [0.1, 0.15) is 6.61 Å². The van der Waals surface area contributed by atoms with Crippen molar-refractivity contribution < 1.29 is 27.8 Å². The van der Waals surface area contributed by atoms with Gasteiger partial charge in [-0.05, 0) is 6.92 Å². The molecule has 90 valence electrons. The molecular formula is C8H14F3NO3. The van der Waals surface area contributed by atoms with Gasteiger partial charge in [-0.3, -0.25) is 4.79 Å². The number of carbonyl (C=O) groups is 1. The zero-order valence-corrected chi connectivity index (χ0v) is 8.30. The van der Waals surface area contributed by atoms with Crippen LogP contribution in [0, 0.1) is 0 Å². The average Bonchev–Trinajstić information content (AvgIpc) is 2.07. The molecule has 0 spiro atoms. The Morgan fingerprint density at radius 1 is 1.53 bits per heavy atom. The smallest absolute Gasteiger partial charge is 0.392 e. The summed E-state index contributed by atoms with van der Waals surface area (Å²) in [5.74, 6) is -0.446. The number of alkyl halides is 3. The second-order valence-corrected chi connectivity index (χ2v) is 3.07. The second-order valence-electron chi connectivity index (χ2n) is 3.07. The molecule has 0 aromatic heterocycles. The molecule has 1 unspecified atom stereocenters. The summed E-state index contributed by atoms with van der Waals surface area (Å²) in [5.41, 5.74) is 0. The fraction of sp³-hybridized carbons (Fsp3) is 0.875. The highest BCUT2D eigenvalue weighted by atomic mass is 19.4. The van der Waals surface area contributed by atoms with Crippen molar-refractivity contribution in [3.63, 3.8) is 0 Å². The van der Waals surface area contributed by atoms with Crippen molar-refractivity contribution in [1.29, 1.82) is 0 Å². The van der Waals surface area contributed by atoms with Crippen molar-refractivity contribution >= 4 is 5.91 Å². The van der Waals surface area contributed by atoms with Crippen LogP contribution in [0.3, 0.4) is 0 Å². The monoisotopic (exact) mass is 229 g/mol. The number of nitrogens with one attached hydrogen (secondary N) is 1. The van der Waals surface area contributed by atoms with E-state index in [1.807, 2.05) is 0 Å². The topological polar surface area (TPSA) is 58.6 Å². The maximum Gasteiger partial charge on any atom is 0.411 e. The number of ether oxygens (including phenoxy) is 1. The van der Waals surface area contributed by atoms with E-state index in [0.717, 1.165) is 0 Å². The lowest BCUT2D eigenvalue weighted by molar-refractivity contribution is -0.174. The Morgan fingerprint density at radius 3 is 2.60 bits per heavy atom. The Balaban J connectivity index is 3.40. The van der Waals surface area contributed by atoms with Crippen molar-refractivity contribution in [2.75, 3.05) is 19.8 Å². The Morgan fingerprint density at radius 2 is 2.13 bits per heavy atom. The van der Waals surface area contributed by atoms with Gasteiger partial charge in [0.15, 0.2) is 0 Å². The van der Waals surface area contributed by atoms with Gasteiger partial charge in [0.25, 0.3) is 0 Å². The normalized spacial score (nSPS) is 13.7. The zero-order valence-electron chi connectivity index (χ0n) is 8.30. The molecule has 0 aromatic carbocycles. The number of halogens is 3. The van der Waals surface area contributed by atoms with Crippen LogP contribution < -0.4 is 5.32 Å². The summed E-state index contributed by atoms with van der Waals surface area (Å²) in [6, 6.07) is 0. The Bertz CT molecular complexity index is 194. The van der Waals surface area contributed by atoms with Crippen LogP contribution in [0.25, 0.3) is 0 Å². The fourth-order valence-corrected chi connectivity index (χ4v) is 0.703. The van der Waals surface area contributed by atoms with Crippen LogP contribution in [-0.4, -0.2) is 43.1 Å². The molecule has 1 atom stereocenters. The highest BCUT2D eigenvalue weighted by Crippen LogP contribution is 2.14. The van der Waals surface area contributed by atoms with Gasteiger partial charge < -0.3 is 15.2 Å². The predicted molar refractivity (Wildman–Crippen MR) is 46.2 cm³/mol. The lowest BCUT2D eigenvalue weighted by Gasteiger charge is -2.08. The van der Waals surface area contributed by atoms with E-state index in [1.54, 1.807) is 0 Å². The summed E-state index contributed by atoms with van der Waals surface area (Å²) in [6.07, 6.45) is -5.19. The zero-order chi connectivity index (χ0) is 11.9. The third kappa shape index (κ3) is 11.1. The van der Waals surface area contributed by atoms with Gasteiger partial charge in [0.05, 0.1) is 12.7 Å². The quantitative estimate of drug-likeness (QED) is 0.650. The second kappa shape index (κ2) is 6.62. The van der Waals surface area contributed by atoms with Crippen LogP contribution >= 0.6 is 0 Å². The molecule has 0 aliphatic rings. The van der Waals surface area contributed by atoms with Crippen molar-refractivity contribution in [3.05, 3.63) is 0 Å². The van der Waals surface area contributed by atoms with E-state index in [-0.39, 0.29) is 19.6 Å². The lowest BCUT2D eigenvalue weighted by atomic mass is 10.3. The number of aliphatic hydroxyl groups is 1. The van der Waals surface area contributed by atoms with Crippen LogP contribution in [0.1, 0.15) is 13.3 Å². The van der Waals surface area contributed by atoms with Gasteiger partial charge in [-0.2, -0.15) is 13.2 Å². The van der Waals surface area contributed by atoms with Crippen LogP contribution in [0.4, 0.5) is 13.2 Å². The van der Waals surface area contributed by atoms with Gasteiger partial charge in [0, 0.05) is 13.0 Å². The third-order valence-electron chi connectivity index (χ3n) is 1.33. The van der Waals surface area contributed by atoms with E-state index < -0.39 is 24.8 Å². The van der Waals surface area contributed by atoms with Crippen molar-refractivity contribution in [2.45, 2.75) is 25.6 Å². The highest BCUT2D eigenvalue weighted by Gasteiger charge is 2.27. The van der Waals surface area contributed by atoms with Gasteiger partial charge in [-0.25, -0.2) is 0 Å². The van der Waals surface area contributed by atoms with E-state index in [1.165, 1.54) is 6.92 Å². The van der Waals surface area contributed by atoms with E-state index in [2.05, 4.69) is 10.1 Å². The van der Waals surface area contributed by atoms with E-state index in [0.29, 0.717) is 0 Å². The van der Waals surface area contributed by atoms with Crippen LogP contribution in [0.2, 0.25) is 0 Å². The predicted octanol–water partition coefficient (Wildman–Crippen LogP) is 0.452. The summed E-state index contributed by atoms with van der Waals surface area (Å²) in [6.45, 7) is -0.0691. The van der Waals surface area contributed by atoms with Crippen molar-refractivity contribution in [2.24, 2.45) is 0 Å². The molecule has 0 fully saturated rings.